The second kappa shape index (κ2) is 10.2. The summed E-state index contributed by atoms with van der Waals surface area (Å²) in [6.07, 6.45) is 0. The van der Waals surface area contributed by atoms with Crippen LogP contribution in [0.1, 0.15) is 0 Å². The van der Waals surface area contributed by atoms with E-state index in [-0.39, 0.29) is 27.2 Å². The molecule has 11 heavy (non-hydrogen) atoms. The summed E-state index contributed by atoms with van der Waals surface area (Å²) in [7, 11) is 0. The fraction of sp³-hybridized carbons (Fsp3) is 1.00. The second-order valence-corrected chi connectivity index (χ2v) is 1.69. The van der Waals surface area contributed by atoms with Crippen molar-refractivity contribution in [3.8, 4) is 0 Å². The Bertz CT molecular complexity index is 63.9. The van der Waals surface area contributed by atoms with Crippen molar-refractivity contribution in [2.45, 2.75) is 0 Å². The van der Waals surface area contributed by atoms with E-state index in [0.717, 1.165) is 0 Å². The van der Waals surface area contributed by atoms with Crippen molar-refractivity contribution in [1.29, 1.82) is 0 Å². The average Bonchev–Trinajstić information content (AvgIpc) is 2.03. The third kappa shape index (κ3) is 10.2. The van der Waals surface area contributed by atoms with E-state index in [1.54, 1.807) is 0 Å². The Morgan fingerprint density at radius 1 is 0.909 bits per heavy atom. The van der Waals surface area contributed by atoms with Crippen LogP contribution in [0.4, 0.5) is 0 Å². The smallest absolute Gasteiger partial charge is 0.152 e. The number of aliphatic hydroxyl groups is 1. The molecular formula is C5H12O5S. The lowest BCUT2D eigenvalue weighted by molar-refractivity contribution is -0.181. The van der Waals surface area contributed by atoms with Gasteiger partial charge in [0, 0.05) is 0 Å². The van der Waals surface area contributed by atoms with Gasteiger partial charge in [0.2, 0.25) is 0 Å². The van der Waals surface area contributed by atoms with Crippen LogP contribution in [0.5, 0.6) is 0 Å². The van der Waals surface area contributed by atoms with Crippen LogP contribution in [0.25, 0.3) is 0 Å². The molecule has 5 nitrogen and oxygen atoms in total. The van der Waals surface area contributed by atoms with Gasteiger partial charge in [-0.2, -0.15) is 12.6 Å². The van der Waals surface area contributed by atoms with Gasteiger partial charge in [-0.1, -0.05) is 0 Å². The van der Waals surface area contributed by atoms with E-state index in [1.165, 1.54) is 0 Å². The Hall–Kier alpha value is 0.150. The third-order valence-electron chi connectivity index (χ3n) is 0.683. The topological polar surface area (TPSA) is 57.2 Å². The average molecular weight is 184 g/mol. The minimum atomic E-state index is -0.354. The molecule has 0 rings (SSSR count). The summed E-state index contributed by atoms with van der Waals surface area (Å²) in [6, 6.07) is 0. The zero-order valence-electron chi connectivity index (χ0n) is 6.06. The molecule has 0 atom stereocenters. The number of rotatable bonds is 8. The summed E-state index contributed by atoms with van der Waals surface area (Å²) in [5.74, 6) is 0.313. The Balaban J connectivity index is 2.69. The molecule has 0 bridgehead atoms. The van der Waals surface area contributed by atoms with E-state index >= 15 is 0 Å². The Morgan fingerprint density at radius 2 is 1.45 bits per heavy atom. The summed E-state index contributed by atoms with van der Waals surface area (Å²) in [5.41, 5.74) is 0. The van der Waals surface area contributed by atoms with Gasteiger partial charge in [-0.3, -0.25) is 0 Å². The Morgan fingerprint density at radius 3 is 2.00 bits per heavy atom. The fourth-order valence-electron chi connectivity index (χ4n) is 0.319. The predicted octanol–water partition coefficient (Wildman–Crippen LogP) is -0.238. The number of ether oxygens (including phenoxy) is 4. The lowest BCUT2D eigenvalue weighted by Crippen LogP contribution is -2.07. The fourth-order valence-corrected chi connectivity index (χ4v) is 0.394. The van der Waals surface area contributed by atoms with Crippen molar-refractivity contribution in [2.24, 2.45) is 0 Å². The molecule has 0 aliphatic heterocycles. The standard InChI is InChI=1S/C5H12O5S/c6-1-7-2-8-3-9-4-10-5-11/h6,11H,1-5H2. The monoisotopic (exact) mass is 184 g/mol. The SMILES string of the molecule is OCOCOCOCOCS. The highest BCUT2D eigenvalue weighted by atomic mass is 32.1. The molecule has 0 heterocycles. The highest BCUT2D eigenvalue weighted by molar-refractivity contribution is 7.80. The van der Waals surface area contributed by atoms with Crippen molar-refractivity contribution in [2.75, 3.05) is 33.1 Å². The van der Waals surface area contributed by atoms with E-state index < -0.39 is 0 Å². The molecular weight excluding hydrogens is 172 g/mol. The molecule has 0 unspecified atom stereocenters. The predicted molar refractivity (Wildman–Crippen MR) is 39.9 cm³/mol. The maximum absolute atomic E-state index is 8.13. The molecule has 0 saturated carbocycles. The summed E-state index contributed by atoms with van der Waals surface area (Å²) in [5, 5.41) is 8.13. The van der Waals surface area contributed by atoms with E-state index in [2.05, 4.69) is 17.4 Å². The van der Waals surface area contributed by atoms with Crippen LogP contribution in [0, 0.1) is 0 Å². The molecule has 0 aliphatic carbocycles. The van der Waals surface area contributed by atoms with Gasteiger partial charge in [0.15, 0.2) is 20.4 Å². The third-order valence-corrected chi connectivity index (χ3v) is 0.865. The maximum atomic E-state index is 8.13. The van der Waals surface area contributed by atoms with E-state index in [1.807, 2.05) is 0 Å². The first-order valence-electron chi connectivity index (χ1n) is 2.94. The van der Waals surface area contributed by atoms with Gasteiger partial charge in [0.25, 0.3) is 0 Å². The van der Waals surface area contributed by atoms with Crippen LogP contribution in [-0.4, -0.2) is 38.2 Å². The van der Waals surface area contributed by atoms with E-state index in [9.17, 15) is 0 Å². The van der Waals surface area contributed by atoms with E-state index in [4.69, 9.17) is 19.3 Å². The summed E-state index contributed by atoms with van der Waals surface area (Å²) < 4.78 is 18.6. The van der Waals surface area contributed by atoms with Crippen LogP contribution >= 0.6 is 12.6 Å². The number of hydrogen-bond donors (Lipinski definition) is 2. The minimum Gasteiger partial charge on any atom is -0.371 e. The number of aliphatic hydroxyl groups excluding tert-OH is 1. The van der Waals surface area contributed by atoms with Crippen LogP contribution in [-0.2, 0) is 18.9 Å². The lowest BCUT2D eigenvalue weighted by Gasteiger charge is -2.04. The van der Waals surface area contributed by atoms with Crippen molar-refractivity contribution in [3.63, 3.8) is 0 Å². The molecule has 0 aromatic rings. The van der Waals surface area contributed by atoms with Gasteiger partial charge in [-0.25, -0.2) is 0 Å². The first-order chi connectivity index (χ1) is 5.41. The van der Waals surface area contributed by atoms with Crippen molar-refractivity contribution >= 4 is 12.6 Å². The second-order valence-electron chi connectivity index (χ2n) is 1.43. The van der Waals surface area contributed by atoms with Gasteiger partial charge >= 0.3 is 0 Å². The molecule has 0 aromatic heterocycles. The van der Waals surface area contributed by atoms with Crippen LogP contribution in [0.15, 0.2) is 0 Å². The molecule has 0 spiro atoms. The largest absolute Gasteiger partial charge is 0.371 e. The molecule has 0 fully saturated rings. The van der Waals surface area contributed by atoms with Crippen molar-refractivity contribution in [3.05, 3.63) is 0 Å². The summed E-state index contributed by atoms with van der Waals surface area (Å²) in [4.78, 5) is 0. The Kier molecular flexibility index (Phi) is 10.3. The molecule has 68 valence electrons. The molecule has 0 aromatic carbocycles. The molecule has 0 radical (unpaired) electrons. The molecule has 6 heteroatoms. The zero-order valence-corrected chi connectivity index (χ0v) is 6.96. The van der Waals surface area contributed by atoms with Crippen molar-refractivity contribution < 1.29 is 24.1 Å². The van der Waals surface area contributed by atoms with Crippen molar-refractivity contribution in [1.82, 2.24) is 0 Å². The van der Waals surface area contributed by atoms with Gasteiger partial charge in [0.1, 0.15) is 6.79 Å². The highest BCUT2D eigenvalue weighted by Gasteiger charge is 1.86. The van der Waals surface area contributed by atoms with Gasteiger partial charge in [0.05, 0.1) is 5.94 Å². The van der Waals surface area contributed by atoms with Crippen LogP contribution in [0.3, 0.4) is 0 Å². The van der Waals surface area contributed by atoms with Crippen LogP contribution < -0.4 is 0 Å². The maximum Gasteiger partial charge on any atom is 0.152 e. The first kappa shape index (κ1) is 11.2. The quantitative estimate of drug-likeness (QED) is 0.310. The van der Waals surface area contributed by atoms with Gasteiger partial charge in [-0.05, 0) is 0 Å². The lowest BCUT2D eigenvalue weighted by atomic mass is 11.2. The normalized spacial score (nSPS) is 10.4. The molecule has 0 aliphatic rings. The Labute approximate surface area is 70.6 Å². The summed E-state index contributed by atoms with van der Waals surface area (Å²) >= 11 is 3.78. The molecule has 0 amide bonds. The first-order valence-corrected chi connectivity index (χ1v) is 3.57. The van der Waals surface area contributed by atoms with Gasteiger partial charge < -0.3 is 24.1 Å². The van der Waals surface area contributed by atoms with Gasteiger partial charge in [-0.15, -0.1) is 0 Å². The number of hydrogen-bond acceptors (Lipinski definition) is 6. The minimum absolute atomic E-state index is 0.0113. The molecule has 1 N–H and O–H groups in total. The van der Waals surface area contributed by atoms with Crippen LogP contribution in [0.2, 0.25) is 0 Å². The van der Waals surface area contributed by atoms with E-state index in [0.29, 0.717) is 5.94 Å². The highest BCUT2D eigenvalue weighted by Crippen LogP contribution is 1.82. The summed E-state index contributed by atoms with van der Waals surface area (Å²) in [6.45, 7) is -0.124. The molecule has 0 saturated heterocycles. The number of thiol groups is 1. The zero-order chi connectivity index (χ0) is 8.36.